The van der Waals surface area contributed by atoms with Crippen molar-refractivity contribution in [3.63, 3.8) is 0 Å². The maximum atomic E-state index is 11.8. The number of methoxy groups -OCH3 is 1. The van der Waals surface area contributed by atoms with Crippen molar-refractivity contribution >= 4 is 50.7 Å². The van der Waals surface area contributed by atoms with E-state index in [0.29, 0.717) is 33.3 Å². The Morgan fingerprint density at radius 2 is 2.19 bits per heavy atom. The molecule has 5 nitrogen and oxygen atoms in total. The maximum Gasteiger partial charge on any atom is 0.341 e. The number of esters is 1. The van der Waals surface area contributed by atoms with E-state index in [1.165, 1.54) is 13.3 Å². The van der Waals surface area contributed by atoms with Gasteiger partial charge in [-0.1, -0.05) is 27.5 Å². The highest BCUT2D eigenvalue weighted by Crippen LogP contribution is 2.32. The minimum absolute atomic E-state index is 0.295. The van der Waals surface area contributed by atoms with Crippen molar-refractivity contribution in [3.8, 4) is 0 Å². The van der Waals surface area contributed by atoms with Crippen molar-refractivity contribution in [2.45, 2.75) is 6.92 Å². The summed E-state index contributed by atoms with van der Waals surface area (Å²) in [5.41, 5.74) is 7.93. The lowest BCUT2D eigenvalue weighted by Crippen LogP contribution is -2.10. The molecular weight excluding hydrogens is 358 g/mol. The highest BCUT2D eigenvalue weighted by Gasteiger charge is 2.17. The normalized spacial score (nSPS) is 10.3. The molecule has 0 saturated heterocycles. The number of hydrogen-bond donors (Lipinski definition) is 2. The van der Waals surface area contributed by atoms with E-state index in [9.17, 15) is 4.79 Å². The van der Waals surface area contributed by atoms with Gasteiger partial charge >= 0.3 is 5.97 Å². The van der Waals surface area contributed by atoms with Crippen LogP contribution in [0.2, 0.25) is 5.02 Å². The summed E-state index contributed by atoms with van der Waals surface area (Å²) in [5.74, 6) is -0.167. The van der Waals surface area contributed by atoms with Crippen LogP contribution in [0.25, 0.3) is 0 Å². The minimum atomic E-state index is -0.499. The van der Waals surface area contributed by atoms with Crippen molar-refractivity contribution in [1.82, 2.24) is 4.98 Å². The number of pyridine rings is 1. The highest BCUT2D eigenvalue weighted by atomic mass is 79.9. The van der Waals surface area contributed by atoms with Gasteiger partial charge in [-0.05, 0) is 25.1 Å². The molecule has 0 aliphatic rings. The molecule has 110 valence electrons. The first-order valence-electron chi connectivity index (χ1n) is 5.99. The number of nitrogens with two attached hydrogens (primary N) is 1. The summed E-state index contributed by atoms with van der Waals surface area (Å²) in [5, 5.41) is 3.63. The molecule has 0 atom stereocenters. The van der Waals surface area contributed by atoms with Gasteiger partial charge < -0.3 is 15.8 Å². The van der Waals surface area contributed by atoms with E-state index in [1.807, 2.05) is 6.07 Å². The van der Waals surface area contributed by atoms with Gasteiger partial charge in [0.05, 0.1) is 23.5 Å². The zero-order valence-electron chi connectivity index (χ0n) is 11.4. The van der Waals surface area contributed by atoms with E-state index in [0.717, 1.165) is 4.47 Å². The second-order valence-electron chi connectivity index (χ2n) is 4.30. The van der Waals surface area contributed by atoms with Crippen molar-refractivity contribution in [2.24, 2.45) is 0 Å². The van der Waals surface area contributed by atoms with Gasteiger partial charge in [-0.15, -0.1) is 0 Å². The van der Waals surface area contributed by atoms with E-state index < -0.39 is 5.97 Å². The summed E-state index contributed by atoms with van der Waals surface area (Å²) >= 11 is 9.52. The van der Waals surface area contributed by atoms with E-state index in [-0.39, 0.29) is 0 Å². The summed E-state index contributed by atoms with van der Waals surface area (Å²) < 4.78 is 5.62. The number of hydrogen-bond acceptors (Lipinski definition) is 5. The van der Waals surface area contributed by atoms with E-state index in [2.05, 4.69) is 26.2 Å². The third-order valence-electron chi connectivity index (χ3n) is 2.96. The molecule has 0 bridgehead atoms. The predicted octanol–water partition coefficient (Wildman–Crippen LogP) is 3.92. The Labute approximate surface area is 135 Å². The Balaban J connectivity index is 2.51. The largest absolute Gasteiger partial charge is 0.465 e. The topological polar surface area (TPSA) is 77.2 Å². The van der Waals surface area contributed by atoms with Crippen LogP contribution in [0.3, 0.4) is 0 Å². The number of nitrogen functional groups attached to an aromatic ring is 1. The zero-order valence-corrected chi connectivity index (χ0v) is 13.7. The lowest BCUT2D eigenvalue weighted by Gasteiger charge is -2.15. The molecule has 0 amide bonds. The molecule has 3 N–H and O–H groups in total. The first kappa shape index (κ1) is 15.6. The van der Waals surface area contributed by atoms with Gasteiger partial charge in [0.2, 0.25) is 0 Å². The average Bonchev–Trinajstić information content (AvgIpc) is 2.45. The molecule has 0 fully saturated rings. The molecule has 0 saturated carbocycles. The molecule has 0 aliphatic heterocycles. The van der Waals surface area contributed by atoms with E-state index in [1.54, 1.807) is 19.1 Å². The Bertz CT molecular complexity index is 707. The van der Waals surface area contributed by atoms with E-state index >= 15 is 0 Å². The maximum absolute atomic E-state index is 11.8. The molecule has 0 unspecified atom stereocenters. The first-order valence-corrected chi connectivity index (χ1v) is 7.16. The van der Waals surface area contributed by atoms with Crippen LogP contribution in [0.5, 0.6) is 0 Å². The third-order valence-corrected chi connectivity index (χ3v) is 3.76. The van der Waals surface area contributed by atoms with Crippen LogP contribution >= 0.6 is 27.5 Å². The van der Waals surface area contributed by atoms with Crippen molar-refractivity contribution in [2.75, 3.05) is 18.2 Å². The fourth-order valence-electron chi connectivity index (χ4n) is 1.78. The van der Waals surface area contributed by atoms with Gasteiger partial charge in [-0.3, -0.25) is 0 Å². The number of aromatic nitrogens is 1. The predicted molar refractivity (Wildman–Crippen MR) is 87.2 cm³/mol. The number of carbonyl (C=O) groups excluding carboxylic acids is 1. The van der Waals surface area contributed by atoms with Gasteiger partial charge in [0.25, 0.3) is 0 Å². The van der Waals surface area contributed by atoms with Crippen LogP contribution in [0.1, 0.15) is 15.9 Å². The summed E-state index contributed by atoms with van der Waals surface area (Å²) in [6, 6.07) is 5.39. The Morgan fingerprint density at radius 1 is 1.48 bits per heavy atom. The number of rotatable bonds is 3. The SMILES string of the molecule is COC(=O)c1cnc(N)c(C)c1Nc1ccc(Br)cc1Cl. The summed E-state index contributed by atoms with van der Waals surface area (Å²) in [7, 11) is 1.31. The number of ether oxygens (including phenoxy) is 1. The molecular formula is C14H13BrClN3O2. The minimum Gasteiger partial charge on any atom is -0.465 e. The number of nitrogens with one attached hydrogen (secondary N) is 1. The van der Waals surface area contributed by atoms with Crippen LogP contribution in [-0.2, 0) is 4.74 Å². The van der Waals surface area contributed by atoms with Gasteiger partial charge in [-0.2, -0.15) is 0 Å². The van der Waals surface area contributed by atoms with Crippen molar-refractivity contribution in [3.05, 3.63) is 45.0 Å². The van der Waals surface area contributed by atoms with Crippen molar-refractivity contribution in [1.29, 1.82) is 0 Å². The zero-order chi connectivity index (χ0) is 15.6. The number of halogens is 2. The smallest absolute Gasteiger partial charge is 0.341 e. The van der Waals surface area contributed by atoms with Crippen LogP contribution < -0.4 is 11.1 Å². The molecule has 2 aromatic rings. The average molecular weight is 371 g/mol. The van der Waals surface area contributed by atoms with Crippen LogP contribution in [0.15, 0.2) is 28.9 Å². The summed E-state index contributed by atoms with van der Waals surface area (Å²) in [6.45, 7) is 1.77. The number of carbonyl (C=O) groups is 1. The number of anilines is 3. The van der Waals surface area contributed by atoms with Gasteiger partial charge in [0, 0.05) is 16.2 Å². The second-order valence-corrected chi connectivity index (χ2v) is 5.62. The lowest BCUT2D eigenvalue weighted by molar-refractivity contribution is 0.0601. The van der Waals surface area contributed by atoms with E-state index in [4.69, 9.17) is 22.1 Å². The molecule has 1 heterocycles. The fourth-order valence-corrected chi connectivity index (χ4v) is 2.50. The Morgan fingerprint density at radius 3 is 2.81 bits per heavy atom. The molecule has 1 aromatic carbocycles. The van der Waals surface area contributed by atoms with Crippen molar-refractivity contribution < 1.29 is 9.53 Å². The first-order chi connectivity index (χ1) is 9.93. The standard InChI is InChI=1S/C14H13BrClN3O2/c1-7-12(9(14(20)21-2)6-18-13(7)17)19-11-4-3-8(15)5-10(11)16/h3-6H,1-2H3,(H3,17,18,19). The molecule has 0 aliphatic carbocycles. The third kappa shape index (κ3) is 3.28. The molecule has 0 spiro atoms. The number of nitrogens with zero attached hydrogens (tertiary/aromatic N) is 1. The Kier molecular flexibility index (Phi) is 4.69. The van der Waals surface area contributed by atoms with Crippen LogP contribution in [-0.4, -0.2) is 18.1 Å². The highest BCUT2D eigenvalue weighted by molar-refractivity contribution is 9.10. The molecule has 0 radical (unpaired) electrons. The number of benzene rings is 1. The quantitative estimate of drug-likeness (QED) is 0.801. The Hall–Kier alpha value is -1.79. The second kappa shape index (κ2) is 6.32. The molecule has 2 rings (SSSR count). The monoisotopic (exact) mass is 369 g/mol. The summed E-state index contributed by atoms with van der Waals surface area (Å²) in [6.07, 6.45) is 1.38. The molecule has 7 heteroatoms. The van der Waals surface area contributed by atoms with Crippen LogP contribution in [0, 0.1) is 6.92 Å². The fraction of sp³-hybridized carbons (Fsp3) is 0.143. The van der Waals surface area contributed by atoms with Gasteiger partial charge in [0.1, 0.15) is 11.4 Å². The lowest BCUT2D eigenvalue weighted by atomic mass is 10.1. The summed E-state index contributed by atoms with van der Waals surface area (Å²) in [4.78, 5) is 15.8. The van der Waals surface area contributed by atoms with Gasteiger partial charge in [0.15, 0.2) is 0 Å². The van der Waals surface area contributed by atoms with Crippen LogP contribution in [0.4, 0.5) is 17.2 Å². The molecule has 1 aromatic heterocycles. The molecule has 21 heavy (non-hydrogen) atoms. The van der Waals surface area contributed by atoms with Gasteiger partial charge in [-0.25, -0.2) is 9.78 Å².